The van der Waals surface area contributed by atoms with Gasteiger partial charge in [0.05, 0.1) is 19.1 Å². The van der Waals surface area contributed by atoms with Gasteiger partial charge in [0.2, 0.25) is 5.91 Å². The molecule has 0 aliphatic carbocycles. The van der Waals surface area contributed by atoms with E-state index in [0.717, 1.165) is 24.5 Å². The normalized spacial score (nSPS) is 15.6. The fraction of sp³-hybridized carbons (Fsp3) is 0.421. The molecular weight excluding hydrogens is 356 g/mol. The zero-order valence-electron chi connectivity index (χ0n) is 15.7. The molecule has 1 aliphatic heterocycles. The molecule has 146 valence electrons. The SMILES string of the molecule is O=C(Cn1nnnc1CN1CCCC1)N[C@H](Cn1cccn1)c1ccccc1. The number of nitrogens with one attached hydrogen (secondary N) is 1. The largest absolute Gasteiger partial charge is 0.346 e. The second kappa shape index (κ2) is 8.75. The number of tetrazole rings is 1. The summed E-state index contributed by atoms with van der Waals surface area (Å²) in [6, 6.07) is 11.6. The summed E-state index contributed by atoms with van der Waals surface area (Å²) in [7, 11) is 0. The van der Waals surface area contributed by atoms with Crippen LogP contribution in [0.3, 0.4) is 0 Å². The lowest BCUT2D eigenvalue weighted by atomic mass is 10.1. The van der Waals surface area contributed by atoms with Crippen molar-refractivity contribution >= 4 is 5.91 Å². The van der Waals surface area contributed by atoms with Crippen molar-refractivity contribution in [2.75, 3.05) is 13.1 Å². The number of amides is 1. The summed E-state index contributed by atoms with van der Waals surface area (Å²) in [4.78, 5) is 15.1. The molecule has 9 nitrogen and oxygen atoms in total. The van der Waals surface area contributed by atoms with Crippen molar-refractivity contribution in [2.24, 2.45) is 0 Å². The minimum atomic E-state index is -0.188. The molecule has 4 rings (SSSR count). The molecule has 1 fully saturated rings. The lowest BCUT2D eigenvalue weighted by molar-refractivity contribution is -0.122. The highest BCUT2D eigenvalue weighted by atomic mass is 16.2. The summed E-state index contributed by atoms with van der Waals surface area (Å²) >= 11 is 0. The lowest BCUT2D eigenvalue weighted by Crippen LogP contribution is -2.35. The van der Waals surface area contributed by atoms with Gasteiger partial charge in [-0.3, -0.25) is 14.4 Å². The highest BCUT2D eigenvalue weighted by Crippen LogP contribution is 2.15. The summed E-state index contributed by atoms with van der Waals surface area (Å²) in [5, 5.41) is 19.2. The van der Waals surface area contributed by atoms with Crippen LogP contribution >= 0.6 is 0 Å². The molecule has 0 bridgehead atoms. The maximum atomic E-state index is 12.7. The Morgan fingerprint density at radius 3 is 2.71 bits per heavy atom. The maximum Gasteiger partial charge on any atom is 0.242 e. The van der Waals surface area contributed by atoms with E-state index in [1.54, 1.807) is 10.9 Å². The van der Waals surface area contributed by atoms with E-state index in [4.69, 9.17) is 0 Å². The van der Waals surface area contributed by atoms with Gasteiger partial charge in [-0.15, -0.1) is 5.10 Å². The molecule has 0 radical (unpaired) electrons. The number of hydrogen-bond acceptors (Lipinski definition) is 6. The van der Waals surface area contributed by atoms with Crippen LogP contribution in [0.4, 0.5) is 0 Å². The van der Waals surface area contributed by atoms with Crippen LogP contribution in [0.2, 0.25) is 0 Å². The smallest absolute Gasteiger partial charge is 0.242 e. The molecule has 3 aromatic rings. The van der Waals surface area contributed by atoms with Crippen LogP contribution in [0.5, 0.6) is 0 Å². The van der Waals surface area contributed by atoms with Crippen molar-refractivity contribution in [3.63, 3.8) is 0 Å². The Hall–Kier alpha value is -3.07. The standard InChI is InChI=1S/C19H24N8O/c28-19(15-27-18(22-23-24-27)14-25-10-4-5-11-25)21-17(13-26-12-6-9-20-26)16-7-2-1-3-8-16/h1-3,6-9,12,17H,4-5,10-11,13-15H2,(H,21,28)/t17-/m1/s1. The Morgan fingerprint density at radius 1 is 1.14 bits per heavy atom. The average molecular weight is 380 g/mol. The van der Waals surface area contributed by atoms with Gasteiger partial charge < -0.3 is 5.32 Å². The fourth-order valence-corrected chi connectivity index (χ4v) is 3.49. The number of hydrogen-bond donors (Lipinski definition) is 1. The van der Waals surface area contributed by atoms with Crippen LogP contribution in [0.15, 0.2) is 48.8 Å². The first kappa shape index (κ1) is 18.3. The number of aromatic nitrogens is 6. The third-order valence-corrected chi connectivity index (χ3v) is 4.93. The highest BCUT2D eigenvalue weighted by molar-refractivity contribution is 5.76. The molecular formula is C19H24N8O. The molecule has 9 heteroatoms. The van der Waals surface area contributed by atoms with Crippen molar-refractivity contribution < 1.29 is 4.79 Å². The zero-order valence-corrected chi connectivity index (χ0v) is 15.7. The number of rotatable bonds is 8. The molecule has 1 atom stereocenters. The minimum Gasteiger partial charge on any atom is -0.346 e. The molecule has 0 saturated carbocycles. The number of benzene rings is 1. The Morgan fingerprint density at radius 2 is 1.96 bits per heavy atom. The maximum absolute atomic E-state index is 12.7. The van der Waals surface area contributed by atoms with E-state index in [2.05, 4.69) is 30.8 Å². The van der Waals surface area contributed by atoms with Gasteiger partial charge >= 0.3 is 0 Å². The Balaban J connectivity index is 1.42. The van der Waals surface area contributed by atoms with Gasteiger partial charge in [0.15, 0.2) is 5.82 Å². The molecule has 1 N–H and O–H groups in total. The average Bonchev–Trinajstić information content (AvgIpc) is 3.47. The summed E-state index contributed by atoms with van der Waals surface area (Å²) in [5.41, 5.74) is 1.03. The number of carbonyl (C=O) groups is 1. The lowest BCUT2D eigenvalue weighted by Gasteiger charge is -2.20. The highest BCUT2D eigenvalue weighted by Gasteiger charge is 2.19. The zero-order chi connectivity index (χ0) is 19.2. The van der Waals surface area contributed by atoms with Gasteiger partial charge in [-0.1, -0.05) is 30.3 Å². The van der Waals surface area contributed by atoms with Crippen molar-refractivity contribution in [1.82, 2.24) is 40.2 Å². The first-order chi connectivity index (χ1) is 13.8. The summed E-state index contributed by atoms with van der Waals surface area (Å²) < 4.78 is 3.40. The Labute approximate surface area is 163 Å². The van der Waals surface area contributed by atoms with Gasteiger partial charge in [-0.25, -0.2) is 4.68 Å². The summed E-state index contributed by atoms with van der Waals surface area (Å²) in [6.45, 7) is 3.44. The molecule has 28 heavy (non-hydrogen) atoms. The van der Waals surface area contributed by atoms with Crippen LogP contribution in [-0.2, 0) is 24.4 Å². The molecule has 1 aromatic carbocycles. The van der Waals surface area contributed by atoms with E-state index in [9.17, 15) is 4.79 Å². The van der Waals surface area contributed by atoms with E-state index >= 15 is 0 Å². The van der Waals surface area contributed by atoms with Gasteiger partial charge in [0.1, 0.15) is 6.54 Å². The topological polar surface area (TPSA) is 93.8 Å². The van der Waals surface area contributed by atoms with Crippen molar-refractivity contribution in [3.05, 3.63) is 60.2 Å². The van der Waals surface area contributed by atoms with E-state index in [-0.39, 0.29) is 18.5 Å². The predicted molar refractivity (Wildman–Crippen MR) is 102 cm³/mol. The van der Waals surface area contributed by atoms with Crippen molar-refractivity contribution in [1.29, 1.82) is 0 Å². The van der Waals surface area contributed by atoms with E-state index < -0.39 is 0 Å². The van der Waals surface area contributed by atoms with E-state index in [1.165, 1.54) is 12.8 Å². The number of carbonyl (C=O) groups excluding carboxylic acids is 1. The van der Waals surface area contributed by atoms with E-state index in [1.807, 2.05) is 47.3 Å². The molecule has 1 aliphatic rings. The molecule has 1 amide bonds. The molecule has 1 saturated heterocycles. The van der Waals surface area contributed by atoms with Gasteiger partial charge in [-0.05, 0) is 48.0 Å². The van der Waals surface area contributed by atoms with Crippen LogP contribution < -0.4 is 5.32 Å². The second-order valence-corrected chi connectivity index (χ2v) is 6.99. The third kappa shape index (κ3) is 4.61. The molecule has 3 heterocycles. The molecule has 2 aromatic heterocycles. The van der Waals surface area contributed by atoms with Crippen molar-refractivity contribution in [3.8, 4) is 0 Å². The summed E-state index contributed by atoms with van der Waals surface area (Å²) in [6.07, 6.45) is 6.02. The third-order valence-electron chi connectivity index (χ3n) is 4.93. The minimum absolute atomic E-state index is 0.0958. The van der Waals surface area contributed by atoms with Crippen LogP contribution in [0, 0.1) is 0 Å². The summed E-state index contributed by atoms with van der Waals surface area (Å²) in [5.74, 6) is 0.594. The molecule has 0 unspecified atom stereocenters. The van der Waals surface area contributed by atoms with Crippen LogP contribution in [0.1, 0.15) is 30.3 Å². The van der Waals surface area contributed by atoms with E-state index in [0.29, 0.717) is 13.1 Å². The van der Waals surface area contributed by atoms with Gasteiger partial charge in [0.25, 0.3) is 0 Å². The van der Waals surface area contributed by atoms with Gasteiger partial charge in [-0.2, -0.15) is 5.10 Å². The van der Waals surface area contributed by atoms with Crippen molar-refractivity contribution in [2.45, 2.75) is 38.5 Å². The number of nitrogens with zero attached hydrogens (tertiary/aromatic N) is 7. The quantitative estimate of drug-likeness (QED) is 0.627. The Kier molecular flexibility index (Phi) is 5.72. The first-order valence-corrected chi connectivity index (χ1v) is 9.57. The fourth-order valence-electron chi connectivity index (χ4n) is 3.49. The first-order valence-electron chi connectivity index (χ1n) is 9.57. The van der Waals surface area contributed by atoms with Crippen LogP contribution in [0.25, 0.3) is 0 Å². The van der Waals surface area contributed by atoms with Crippen LogP contribution in [-0.4, -0.2) is 53.9 Å². The predicted octanol–water partition coefficient (Wildman–Crippen LogP) is 1.02. The molecule has 0 spiro atoms. The van der Waals surface area contributed by atoms with Gasteiger partial charge in [0, 0.05) is 12.4 Å². The monoisotopic (exact) mass is 380 g/mol. The number of likely N-dealkylation sites (tertiary alicyclic amines) is 1. The second-order valence-electron chi connectivity index (χ2n) is 6.99. The Bertz CT molecular complexity index is 870.